The number of amides is 1. The molecule has 0 radical (unpaired) electrons. The third-order valence-electron chi connectivity index (χ3n) is 4.41. The summed E-state index contributed by atoms with van der Waals surface area (Å²) in [6, 6.07) is 15.8. The Bertz CT molecular complexity index is 750. The van der Waals surface area contributed by atoms with Crippen LogP contribution in [0.5, 0.6) is 11.5 Å². The number of ether oxygens (including phenoxy) is 2. The van der Waals surface area contributed by atoms with Gasteiger partial charge in [-0.2, -0.15) is 0 Å². The molecule has 6 heteroatoms. The lowest BCUT2D eigenvalue weighted by Crippen LogP contribution is -2.38. The molecule has 6 nitrogen and oxygen atoms in total. The van der Waals surface area contributed by atoms with Gasteiger partial charge in [-0.1, -0.05) is 30.3 Å². The van der Waals surface area contributed by atoms with Crippen LogP contribution in [0.3, 0.4) is 0 Å². The monoisotopic (exact) mass is 385 g/mol. The number of methoxy groups -OCH3 is 2. The fourth-order valence-electron chi connectivity index (χ4n) is 3.10. The first-order valence-electron chi connectivity index (χ1n) is 9.40. The number of rotatable bonds is 10. The van der Waals surface area contributed by atoms with Crippen LogP contribution in [0, 0.1) is 0 Å². The van der Waals surface area contributed by atoms with Gasteiger partial charge in [0, 0.05) is 31.1 Å². The molecule has 1 amide bonds. The molecule has 0 bridgehead atoms. The number of nitrogens with zero attached hydrogens (tertiary/aromatic N) is 1. The Balaban J connectivity index is 2.01. The number of nitrogens with one attached hydrogen (secondary N) is 2. The molecule has 0 aromatic heterocycles. The normalized spacial score (nSPS) is 13.1. The molecule has 2 aromatic carbocycles. The number of carbonyl (C=O) groups is 1. The van der Waals surface area contributed by atoms with Crippen molar-refractivity contribution >= 4 is 11.6 Å². The van der Waals surface area contributed by atoms with Crippen LogP contribution in [0.2, 0.25) is 0 Å². The molecule has 2 aromatic rings. The van der Waals surface area contributed by atoms with E-state index >= 15 is 0 Å². The van der Waals surface area contributed by atoms with E-state index in [1.165, 1.54) is 5.56 Å². The molecule has 0 aliphatic carbocycles. The number of carbonyl (C=O) groups excluding carboxylic acids is 1. The lowest BCUT2D eigenvalue weighted by molar-refractivity contribution is -0.116. The van der Waals surface area contributed by atoms with E-state index in [4.69, 9.17) is 9.47 Å². The molecule has 28 heavy (non-hydrogen) atoms. The highest BCUT2D eigenvalue weighted by Gasteiger charge is 2.18. The largest absolute Gasteiger partial charge is 0.497 e. The molecular formula is C22H31N3O3. The summed E-state index contributed by atoms with van der Waals surface area (Å²) in [4.78, 5) is 14.7. The predicted molar refractivity (Wildman–Crippen MR) is 113 cm³/mol. The maximum Gasteiger partial charge on any atom is 0.226 e. The maximum absolute atomic E-state index is 12.6. The number of hydrogen-bond acceptors (Lipinski definition) is 5. The molecule has 0 saturated heterocycles. The van der Waals surface area contributed by atoms with Gasteiger partial charge in [0.15, 0.2) is 0 Å². The van der Waals surface area contributed by atoms with Crippen LogP contribution in [-0.4, -0.2) is 51.7 Å². The van der Waals surface area contributed by atoms with Gasteiger partial charge < -0.3 is 25.0 Å². The van der Waals surface area contributed by atoms with Gasteiger partial charge in [-0.05, 0) is 38.7 Å². The highest BCUT2D eigenvalue weighted by Crippen LogP contribution is 2.29. The lowest BCUT2D eigenvalue weighted by Gasteiger charge is -2.26. The minimum atomic E-state index is -0.0804. The van der Waals surface area contributed by atoms with E-state index in [0.717, 1.165) is 6.54 Å². The highest BCUT2D eigenvalue weighted by atomic mass is 16.5. The van der Waals surface area contributed by atoms with Gasteiger partial charge in [-0.3, -0.25) is 4.79 Å². The quantitative estimate of drug-likeness (QED) is 0.657. The number of benzene rings is 2. The Kier molecular flexibility index (Phi) is 8.29. The molecule has 0 saturated carbocycles. The van der Waals surface area contributed by atoms with Crippen molar-refractivity contribution < 1.29 is 14.3 Å². The zero-order valence-electron chi connectivity index (χ0n) is 17.4. The molecule has 0 spiro atoms. The number of hydrogen-bond donors (Lipinski definition) is 2. The Hall–Kier alpha value is -2.57. The molecule has 0 heterocycles. The maximum atomic E-state index is 12.6. The van der Waals surface area contributed by atoms with Gasteiger partial charge in [0.25, 0.3) is 0 Å². The molecule has 2 unspecified atom stereocenters. The summed E-state index contributed by atoms with van der Waals surface area (Å²) in [6.45, 7) is 2.87. The standard InChI is InChI=1S/C22H31N3O3/c1-16(23-20(15-25(2)3)17-9-7-6-8-10-17)13-22(26)24-19-14-18(27-4)11-12-21(19)28-5/h6-12,14,16,20,23H,13,15H2,1-5H3,(H,24,26). The van der Waals surface area contributed by atoms with Crippen molar-refractivity contribution in [3.05, 3.63) is 54.1 Å². The van der Waals surface area contributed by atoms with E-state index in [0.29, 0.717) is 23.6 Å². The average Bonchev–Trinajstić information content (AvgIpc) is 2.67. The minimum absolute atomic E-state index is 0.00163. The SMILES string of the molecule is COc1ccc(OC)c(NC(=O)CC(C)NC(CN(C)C)c2ccccc2)c1. The number of anilines is 1. The second-order valence-electron chi connectivity index (χ2n) is 7.11. The van der Waals surface area contributed by atoms with Gasteiger partial charge in [-0.25, -0.2) is 0 Å². The Morgan fingerprint density at radius 2 is 1.79 bits per heavy atom. The van der Waals surface area contributed by atoms with Gasteiger partial charge in [0.1, 0.15) is 11.5 Å². The van der Waals surface area contributed by atoms with Crippen LogP contribution < -0.4 is 20.1 Å². The second-order valence-corrected chi connectivity index (χ2v) is 7.11. The summed E-state index contributed by atoms with van der Waals surface area (Å²) in [5.41, 5.74) is 1.81. The van der Waals surface area contributed by atoms with E-state index in [2.05, 4.69) is 27.7 Å². The van der Waals surface area contributed by atoms with Crippen LogP contribution in [0.4, 0.5) is 5.69 Å². The van der Waals surface area contributed by atoms with E-state index in [9.17, 15) is 4.79 Å². The number of likely N-dealkylation sites (N-methyl/N-ethyl adjacent to an activating group) is 1. The Morgan fingerprint density at radius 3 is 2.39 bits per heavy atom. The Morgan fingerprint density at radius 1 is 1.07 bits per heavy atom. The molecule has 0 aliphatic heterocycles. The van der Waals surface area contributed by atoms with Crippen molar-refractivity contribution in [3.63, 3.8) is 0 Å². The van der Waals surface area contributed by atoms with Crippen LogP contribution in [0.15, 0.2) is 48.5 Å². The van der Waals surface area contributed by atoms with Crippen molar-refractivity contribution in [2.75, 3.05) is 40.2 Å². The van der Waals surface area contributed by atoms with Crippen molar-refractivity contribution in [3.8, 4) is 11.5 Å². The van der Waals surface area contributed by atoms with E-state index in [-0.39, 0.29) is 18.0 Å². The first-order chi connectivity index (χ1) is 13.4. The van der Waals surface area contributed by atoms with Crippen molar-refractivity contribution in [2.45, 2.75) is 25.4 Å². The van der Waals surface area contributed by atoms with Crippen molar-refractivity contribution in [1.82, 2.24) is 10.2 Å². The minimum Gasteiger partial charge on any atom is -0.497 e. The van der Waals surface area contributed by atoms with E-state index in [1.54, 1.807) is 32.4 Å². The summed E-state index contributed by atoms with van der Waals surface area (Å²) in [6.07, 6.45) is 0.344. The summed E-state index contributed by atoms with van der Waals surface area (Å²) in [7, 11) is 7.26. The van der Waals surface area contributed by atoms with E-state index < -0.39 is 0 Å². The van der Waals surface area contributed by atoms with Gasteiger partial charge >= 0.3 is 0 Å². The fourth-order valence-corrected chi connectivity index (χ4v) is 3.10. The lowest BCUT2D eigenvalue weighted by atomic mass is 10.0. The summed E-state index contributed by atoms with van der Waals surface area (Å²) >= 11 is 0. The highest BCUT2D eigenvalue weighted by molar-refractivity contribution is 5.92. The van der Waals surface area contributed by atoms with Gasteiger partial charge in [0.05, 0.1) is 19.9 Å². The molecule has 2 N–H and O–H groups in total. The van der Waals surface area contributed by atoms with Crippen molar-refractivity contribution in [2.24, 2.45) is 0 Å². The van der Waals surface area contributed by atoms with Crippen LogP contribution in [-0.2, 0) is 4.79 Å². The van der Waals surface area contributed by atoms with Crippen LogP contribution in [0.1, 0.15) is 24.9 Å². The topological polar surface area (TPSA) is 62.8 Å². The third kappa shape index (κ3) is 6.55. The zero-order valence-corrected chi connectivity index (χ0v) is 17.4. The molecule has 2 rings (SSSR count). The molecule has 0 aliphatic rings. The second kappa shape index (κ2) is 10.7. The first-order valence-corrected chi connectivity index (χ1v) is 9.40. The predicted octanol–water partition coefficient (Wildman–Crippen LogP) is 3.31. The van der Waals surface area contributed by atoms with Gasteiger partial charge in [0.2, 0.25) is 5.91 Å². The summed E-state index contributed by atoms with van der Waals surface area (Å²) < 4.78 is 10.6. The summed E-state index contributed by atoms with van der Waals surface area (Å²) in [5, 5.41) is 6.50. The van der Waals surface area contributed by atoms with Crippen LogP contribution >= 0.6 is 0 Å². The average molecular weight is 386 g/mol. The molecule has 2 atom stereocenters. The first kappa shape index (κ1) is 21.7. The zero-order chi connectivity index (χ0) is 20.5. The molecular weight excluding hydrogens is 354 g/mol. The van der Waals surface area contributed by atoms with Crippen molar-refractivity contribution in [1.29, 1.82) is 0 Å². The van der Waals surface area contributed by atoms with Gasteiger partial charge in [-0.15, -0.1) is 0 Å². The molecule has 152 valence electrons. The third-order valence-corrected chi connectivity index (χ3v) is 4.41. The van der Waals surface area contributed by atoms with E-state index in [1.807, 2.05) is 39.2 Å². The fraction of sp³-hybridized carbons (Fsp3) is 0.409. The summed E-state index contributed by atoms with van der Waals surface area (Å²) in [5.74, 6) is 1.19. The molecule has 0 fully saturated rings. The Labute approximate surface area is 167 Å². The smallest absolute Gasteiger partial charge is 0.226 e. The van der Waals surface area contributed by atoms with Crippen LogP contribution in [0.25, 0.3) is 0 Å².